The third kappa shape index (κ3) is 1.95. The van der Waals surface area contributed by atoms with E-state index in [0.29, 0.717) is 10.6 Å². The number of hydrogen-bond acceptors (Lipinski definition) is 2. The van der Waals surface area contributed by atoms with E-state index in [-0.39, 0.29) is 5.54 Å². The topological polar surface area (TPSA) is 20.3 Å². The third-order valence-electron chi connectivity index (χ3n) is 3.54. The van der Waals surface area contributed by atoms with Gasteiger partial charge in [-0.1, -0.05) is 17.7 Å². The van der Waals surface area contributed by atoms with Gasteiger partial charge in [-0.05, 0) is 45.4 Å². The van der Waals surface area contributed by atoms with Crippen LogP contribution in [0, 0.1) is 0 Å². The highest BCUT2D eigenvalue weighted by molar-refractivity contribution is 6.33. The van der Waals surface area contributed by atoms with E-state index in [4.69, 9.17) is 11.6 Å². The third-order valence-corrected chi connectivity index (χ3v) is 3.87. The first-order valence-electron chi connectivity index (χ1n) is 6.17. The monoisotopic (exact) mass is 263 g/mol. The molecule has 18 heavy (non-hydrogen) atoms. The number of benzene rings is 1. The van der Waals surface area contributed by atoms with Crippen LogP contribution in [0.15, 0.2) is 18.2 Å². The van der Waals surface area contributed by atoms with Crippen molar-refractivity contribution in [2.24, 2.45) is 0 Å². The summed E-state index contributed by atoms with van der Waals surface area (Å²) >= 11 is 6.15. The largest absolute Gasteiger partial charge is 0.363 e. The first kappa shape index (κ1) is 13.2. The lowest BCUT2D eigenvalue weighted by molar-refractivity contribution is 0.112. The zero-order valence-corrected chi connectivity index (χ0v) is 12.0. The van der Waals surface area contributed by atoms with Crippen molar-refractivity contribution in [1.82, 2.24) is 0 Å². The Labute approximate surface area is 113 Å². The van der Waals surface area contributed by atoms with Crippen LogP contribution < -0.4 is 4.90 Å². The van der Waals surface area contributed by atoms with Crippen LogP contribution in [0.25, 0.3) is 5.57 Å². The predicted molar refractivity (Wildman–Crippen MR) is 77.6 cm³/mol. The van der Waals surface area contributed by atoms with Gasteiger partial charge in [-0.2, -0.15) is 0 Å². The Morgan fingerprint density at radius 2 is 2.06 bits per heavy atom. The molecule has 2 nitrogen and oxygen atoms in total. The summed E-state index contributed by atoms with van der Waals surface area (Å²) in [7, 11) is 0. The smallest absolute Gasteiger partial charge is 0.151 e. The van der Waals surface area contributed by atoms with E-state index in [0.717, 1.165) is 24.1 Å². The minimum atomic E-state index is -0.0299. The van der Waals surface area contributed by atoms with Gasteiger partial charge in [0, 0.05) is 23.4 Å². The van der Waals surface area contributed by atoms with Crippen molar-refractivity contribution >= 4 is 29.1 Å². The molecule has 1 aliphatic rings. The highest BCUT2D eigenvalue weighted by atomic mass is 35.5. The van der Waals surface area contributed by atoms with Crippen molar-refractivity contribution in [2.45, 2.75) is 33.2 Å². The first-order valence-corrected chi connectivity index (χ1v) is 6.54. The molecule has 2 rings (SSSR count). The Bertz CT molecular complexity index is 532. The van der Waals surface area contributed by atoms with E-state index >= 15 is 0 Å². The Hall–Kier alpha value is -1.28. The van der Waals surface area contributed by atoms with Crippen LogP contribution in [0.5, 0.6) is 0 Å². The van der Waals surface area contributed by atoms with Gasteiger partial charge in [-0.3, -0.25) is 4.79 Å². The number of carbonyl (C=O) groups excluding carboxylic acids is 1. The van der Waals surface area contributed by atoms with E-state index < -0.39 is 0 Å². The second kappa shape index (κ2) is 4.43. The molecule has 3 heteroatoms. The fraction of sp³-hybridized carbons (Fsp3) is 0.400. The Morgan fingerprint density at radius 3 is 2.61 bits per heavy atom. The molecule has 96 valence electrons. The summed E-state index contributed by atoms with van der Waals surface area (Å²) in [5.41, 5.74) is 3.93. The zero-order valence-electron chi connectivity index (χ0n) is 11.2. The summed E-state index contributed by atoms with van der Waals surface area (Å²) in [6.45, 7) is 9.48. The molecule has 0 spiro atoms. The van der Waals surface area contributed by atoms with Crippen molar-refractivity contribution in [1.29, 1.82) is 0 Å². The van der Waals surface area contributed by atoms with Crippen molar-refractivity contribution in [3.05, 3.63) is 34.4 Å². The van der Waals surface area contributed by atoms with E-state index in [2.05, 4.69) is 38.7 Å². The zero-order chi connectivity index (χ0) is 13.5. The van der Waals surface area contributed by atoms with Crippen molar-refractivity contribution < 1.29 is 4.79 Å². The molecule has 1 aromatic rings. The summed E-state index contributed by atoms with van der Waals surface area (Å²) in [5.74, 6) is 0. The molecule has 0 N–H and O–H groups in total. The molecule has 1 aromatic carbocycles. The second-order valence-electron chi connectivity index (χ2n) is 5.23. The first-order chi connectivity index (χ1) is 8.40. The van der Waals surface area contributed by atoms with E-state index in [1.54, 1.807) is 0 Å². The molecule has 0 amide bonds. The van der Waals surface area contributed by atoms with Crippen LogP contribution in [-0.2, 0) is 0 Å². The van der Waals surface area contributed by atoms with Crippen LogP contribution in [-0.4, -0.2) is 18.4 Å². The number of allylic oxidation sites excluding steroid dienone is 1. The molecular formula is C15H18ClNO. The maximum absolute atomic E-state index is 11.0. The number of aldehydes is 1. The van der Waals surface area contributed by atoms with Gasteiger partial charge in [-0.15, -0.1) is 0 Å². The second-order valence-corrected chi connectivity index (χ2v) is 5.64. The van der Waals surface area contributed by atoms with Crippen molar-refractivity contribution in [2.75, 3.05) is 11.4 Å². The van der Waals surface area contributed by atoms with E-state index in [1.807, 2.05) is 12.1 Å². The molecule has 0 unspecified atom stereocenters. The summed E-state index contributed by atoms with van der Waals surface area (Å²) in [5, 5.41) is 0.521. The molecule has 0 fully saturated rings. The van der Waals surface area contributed by atoms with Gasteiger partial charge >= 0.3 is 0 Å². The van der Waals surface area contributed by atoms with Gasteiger partial charge < -0.3 is 4.90 Å². The van der Waals surface area contributed by atoms with E-state index in [1.165, 1.54) is 5.57 Å². The van der Waals surface area contributed by atoms with Crippen LogP contribution in [0.2, 0.25) is 5.02 Å². The highest BCUT2D eigenvalue weighted by Crippen LogP contribution is 2.40. The summed E-state index contributed by atoms with van der Waals surface area (Å²) < 4.78 is 0. The molecule has 0 aromatic heterocycles. The Balaban J connectivity index is 2.70. The average Bonchev–Trinajstić information content (AvgIpc) is 2.27. The maximum atomic E-state index is 11.0. The van der Waals surface area contributed by atoms with Crippen LogP contribution in [0.1, 0.15) is 43.6 Å². The number of rotatable bonds is 2. The minimum Gasteiger partial charge on any atom is -0.363 e. The molecule has 0 saturated carbocycles. The van der Waals surface area contributed by atoms with Gasteiger partial charge in [0.05, 0.1) is 10.6 Å². The van der Waals surface area contributed by atoms with Gasteiger partial charge in [0.1, 0.15) is 0 Å². The predicted octanol–water partition coefficient (Wildman–Crippen LogP) is 4.17. The van der Waals surface area contributed by atoms with Crippen molar-refractivity contribution in [3.63, 3.8) is 0 Å². The lowest BCUT2D eigenvalue weighted by Gasteiger charge is -2.43. The lowest BCUT2D eigenvalue weighted by atomic mass is 9.88. The number of nitrogens with zero attached hydrogens (tertiary/aromatic N) is 1. The van der Waals surface area contributed by atoms with Crippen LogP contribution >= 0.6 is 11.6 Å². The molecule has 1 aliphatic heterocycles. The van der Waals surface area contributed by atoms with E-state index in [9.17, 15) is 4.79 Å². The Kier molecular flexibility index (Phi) is 3.24. The normalized spacial score (nSPS) is 17.2. The fourth-order valence-corrected chi connectivity index (χ4v) is 2.99. The minimum absolute atomic E-state index is 0.0299. The average molecular weight is 264 g/mol. The quantitative estimate of drug-likeness (QED) is 0.747. The molecule has 1 heterocycles. The number of fused-ring (bicyclic) bond motifs is 1. The number of carbonyl (C=O) groups is 1. The molecule has 0 radical (unpaired) electrons. The lowest BCUT2D eigenvalue weighted by Crippen LogP contribution is -2.44. The number of hydrogen-bond donors (Lipinski definition) is 0. The van der Waals surface area contributed by atoms with Gasteiger partial charge in [0.15, 0.2) is 6.29 Å². The standard InChI is InChI=1S/C15H18ClNO/c1-5-17-14-7-13(16)11(9-18)6-12(14)10(2)8-15(17,3)4/h6-9H,5H2,1-4H3. The van der Waals surface area contributed by atoms with Crippen LogP contribution in [0.4, 0.5) is 5.69 Å². The molecule has 0 bridgehead atoms. The Morgan fingerprint density at radius 1 is 1.39 bits per heavy atom. The molecular weight excluding hydrogens is 246 g/mol. The summed E-state index contributed by atoms with van der Waals surface area (Å²) in [6.07, 6.45) is 3.05. The van der Waals surface area contributed by atoms with Gasteiger partial charge in [0.25, 0.3) is 0 Å². The summed E-state index contributed by atoms with van der Waals surface area (Å²) in [4.78, 5) is 13.3. The van der Waals surface area contributed by atoms with Crippen molar-refractivity contribution in [3.8, 4) is 0 Å². The molecule has 0 atom stereocenters. The summed E-state index contributed by atoms with van der Waals surface area (Å²) in [6, 6.07) is 3.79. The maximum Gasteiger partial charge on any atom is 0.151 e. The van der Waals surface area contributed by atoms with Crippen LogP contribution in [0.3, 0.4) is 0 Å². The molecule has 0 aliphatic carbocycles. The van der Waals surface area contributed by atoms with Gasteiger partial charge in [-0.25, -0.2) is 0 Å². The highest BCUT2D eigenvalue weighted by Gasteiger charge is 2.30. The van der Waals surface area contributed by atoms with Gasteiger partial charge in [0.2, 0.25) is 0 Å². The SMILES string of the molecule is CCN1c2cc(Cl)c(C=O)cc2C(C)=CC1(C)C. The number of likely N-dealkylation sites (N-methyl/N-ethyl adjacent to an activating group) is 1. The fourth-order valence-electron chi connectivity index (χ4n) is 2.78. The number of anilines is 1. The molecule has 0 saturated heterocycles. The number of halogens is 1.